The van der Waals surface area contributed by atoms with Crippen molar-refractivity contribution in [2.24, 2.45) is 0 Å². The van der Waals surface area contributed by atoms with E-state index in [2.05, 4.69) is 4.98 Å². The van der Waals surface area contributed by atoms with Gasteiger partial charge in [0.25, 0.3) is 0 Å². The average molecular weight is 249 g/mol. The smallest absolute Gasteiger partial charge is 0.222 e. The molecule has 0 saturated carbocycles. The Bertz CT molecular complexity index is 538. The minimum atomic E-state index is 0.0529. The molecule has 2 heterocycles. The number of aromatic nitrogens is 1. The van der Waals surface area contributed by atoms with Crippen LogP contribution in [0.5, 0.6) is 17.4 Å². The maximum Gasteiger partial charge on any atom is 0.222 e. The molecule has 1 aromatic heterocycles. The van der Waals surface area contributed by atoms with Gasteiger partial charge in [0, 0.05) is 12.0 Å². The van der Waals surface area contributed by atoms with Gasteiger partial charge in [0.2, 0.25) is 5.88 Å². The molecule has 0 radical (unpaired) electrons. The number of fused-ring (bicyclic) bond motifs is 1. The summed E-state index contributed by atoms with van der Waals surface area (Å²) in [5.41, 5.74) is 0.930. The van der Waals surface area contributed by atoms with E-state index in [1.165, 1.54) is 11.3 Å². The number of thiazole rings is 1. The molecule has 0 aliphatic carbocycles. The standard InChI is InChI=1S/C12H11NO3S/c14-11-7-17-12(13-11)8-2-3-9-10(6-8)16-5-1-4-15-9/h2-3,6-7,14H,1,4-5H2. The number of hydrogen-bond donors (Lipinski definition) is 1. The van der Waals surface area contributed by atoms with Gasteiger partial charge in [0.1, 0.15) is 5.01 Å². The van der Waals surface area contributed by atoms with Crippen LogP contribution in [0.2, 0.25) is 0 Å². The Kier molecular flexibility index (Phi) is 2.60. The first kappa shape index (κ1) is 10.4. The van der Waals surface area contributed by atoms with Gasteiger partial charge in [0.15, 0.2) is 11.5 Å². The molecule has 1 aliphatic rings. The summed E-state index contributed by atoms with van der Waals surface area (Å²) >= 11 is 1.40. The lowest BCUT2D eigenvalue weighted by atomic mass is 10.2. The quantitative estimate of drug-likeness (QED) is 0.844. The number of rotatable bonds is 1. The van der Waals surface area contributed by atoms with E-state index in [-0.39, 0.29) is 5.88 Å². The van der Waals surface area contributed by atoms with E-state index in [4.69, 9.17) is 9.47 Å². The van der Waals surface area contributed by atoms with Crippen molar-refractivity contribution in [3.63, 3.8) is 0 Å². The molecule has 1 aromatic carbocycles. The molecule has 5 heteroatoms. The third kappa shape index (κ3) is 2.06. The van der Waals surface area contributed by atoms with E-state index in [0.717, 1.165) is 28.5 Å². The van der Waals surface area contributed by atoms with E-state index in [1.54, 1.807) is 5.38 Å². The second kappa shape index (κ2) is 4.25. The molecule has 88 valence electrons. The summed E-state index contributed by atoms with van der Waals surface area (Å²) < 4.78 is 11.2. The molecule has 0 bridgehead atoms. The van der Waals surface area contributed by atoms with Crippen molar-refractivity contribution in [2.45, 2.75) is 6.42 Å². The normalized spacial score (nSPS) is 14.4. The molecule has 3 rings (SSSR count). The summed E-state index contributed by atoms with van der Waals surface area (Å²) in [4.78, 5) is 4.03. The lowest BCUT2D eigenvalue weighted by Gasteiger charge is -2.07. The van der Waals surface area contributed by atoms with Crippen LogP contribution < -0.4 is 9.47 Å². The molecule has 1 aliphatic heterocycles. The number of aromatic hydroxyl groups is 1. The van der Waals surface area contributed by atoms with Crippen LogP contribution in [0.25, 0.3) is 10.6 Å². The van der Waals surface area contributed by atoms with Crippen molar-refractivity contribution >= 4 is 11.3 Å². The second-order valence-corrected chi connectivity index (χ2v) is 4.58. The third-order valence-electron chi connectivity index (χ3n) is 2.49. The largest absolute Gasteiger partial charge is 0.493 e. The zero-order chi connectivity index (χ0) is 11.7. The zero-order valence-electron chi connectivity index (χ0n) is 9.05. The van der Waals surface area contributed by atoms with Gasteiger partial charge in [-0.05, 0) is 18.2 Å². The van der Waals surface area contributed by atoms with Gasteiger partial charge >= 0.3 is 0 Å². The highest BCUT2D eigenvalue weighted by Gasteiger charge is 2.12. The fourth-order valence-corrected chi connectivity index (χ4v) is 2.37. The zero-order valence-corrected chi connectivity index (χ0v) is 9.87. The lowest BCUT2D eigenvalue weighted by Crippen LogP contribution is -1.97. The van der Waals surface area contributed by atoms with Gasteiger partial charge < -0.3 is 14.6 Å². The Morgan fingerprint density at radius 3 is 2.76 bits per heavy atom. The van der Waals surface area contributed by atoms with Crippen molar-refractivity contribution in [1.29, 1.82) is 0 Å². The van der Waals surface area contributed by atoms with Crippen molar-refractivity contribution in [2.75, 3.05) is 13.2 Å². The number of ether oxygens (including phenoxy) is 2. The highest BCUT2D eigenvalue weighted by atomic mass is 32.1. The monoisotopic (exact) mass is 249 g/mol. The molecular weight excluding hydrogens is 238 g/mol. The van der Waals surface area contributed by atoms with Gasteiger partial charge in [-0.1, -0.05) is 0 Å². The number of nitrogens with zero attached hydrogens (tertiary/aromatic N) is 1. The average Bonchev–Trinajstić information content (AvgIpc) is 2.64. The minimum absolute atomic E-state index is 0.0529. The highest BCUT2D eigenvalue weighted by Crippen LogP contribution is 2.35. The molecule has 0 atom stereocenters. The Morgan fingerprint density at radius 1 is 1.18 bits per heavy atom. The Morgan fingerprint density at radius 2 is 2.00 bits per heavy atom. The molecule has 0 fully saturated rings. The first-order valence-corrected chi connectivity index (χ1v) is 6.25. The van der Waals surface area contributed by atoms with Crippen LogP contribution in [0.4, 0.5) is 0 Å². The van der Waals surface area contributed by atoms with E-state index in [9.17, 15) is 5.11 Å². The summed E-state index contributed by atoms with van der Waals surface area (Å²) in [6.07, 6.45) is 0.891. The second-order valence-electron chi connectivity index (χ2n) is 3.72. The minimum Gasteiger partial charge on any atom is -0.493 e. The molecular formula is C12H11NO3S. The third-order valence-corrected chi connectivity index (χ3v) is 3.37. The Balaban J connectivity index is 2.00. The van der Waals surface area contributed by atoms with Gasteiger partial charge in [-0.25, -0.2) is 4.98 Å². The fraction of sp³-hybridized carbons (Fsp3) is 0.250. The van der Waals surface area contributed by atoms with Crippen molar-refractivity contribution in [3.05, 3.63) is 23.6 Å². The van der Waals surface area contributed by atoms with Gasteiger partial charge in [0.05, 0.1) is 18.6 Å². The Hall–Kier alpha value is -1.75. The Labute approximate surface area is 102 Å². The SMILES string of the molecule is Oc1csc(-c2ccc3c(c2)OCCCO3)n1. The first-order valence-electron chi connectivity index (χ1n) is 5.37. The molecule has 0 amide bonds. The van der Waals surface area contributed by atoms with Crippen LogP contribution in [0.3, 0.4) is 0 Å². The van der Waals surface area contributed by atoms with E-state index in [0.29, 0.717) is 13.2 Å². The van der Waals surface area contributed by atoms with Crippen molar-refractivity contribution < 1.29 is 14.6 Å². The molecule has 2 aromatic rings. The van der Waals surface area contributed by atoms with E-state index >= 15 is 0 Å². The molecule has 17 heavy (non-hydrogen) atoms. The molecule has 4 nitrogen and oxygen atoms in total. The maximum absolute atomic E-state index is 9.24. The van der Waals surface area contributed by atoms with Gasteiger partial charge in [-0.2, -0.15) is 0 Å². The van der Waals surface area contributed by atoms with Crippen molar-refractivity contribution in [1.82, 2.24) is 4.98 Å². The summed E-state index contributed by atoms with van der Waals surface area (Å²) in [5.74, 6) is 1.57. The van der Waals surface area contributed by atoms with Crippen LogP contribution in [-0.4, -0.2) is 23.3 Å². The molecule has 1 N–H and O–H groups in total. The maximum atomic E-state index is 9.24. The summed E-state index contributed by atoms with van der Waals surface area (Å²) in [6.45, 7) is 1.35. The predicted octanol–water partition coefficient (Wildman–Crippen LogP) is 2.68. The van der Waals surface area contributed by atoms with Crippen LogP contribution in [0.1, 0.15) is 6.42 Å². The number of benzene rings is 1. The number of hydrogen-bond acceptors (Lipinski definition) is 5. The highest BCUT2D eigenvalue weighted by molar-refractivity contribution is 7.13. The van der Waals surface area contributed by atoms with Crippen LogP contribution >= 0.6 is 11.3 Å². The van der Waals surface area contributed by atoms with Crippen LogP contribution in [0.15, 0.2) is 23.6 Å². The first-order chi connectivity index (χ1) is 8.33. The summed E-state index contributed by atoms with van der Waals surface area (Å²) in [6, 6.07) is 5.71. The van der Waals surface area contributed by atoms with Crippen molar-refractivity contribution in [3.8, 4) is 28.0 Å². The topological polar surface area (TPSA) is 51.6 Å². The van der Waals surface area contributed by atoms with Crippen LogP contribution in [-0.2, 0) is 0 Å². The molecule has 0 unspecified atom stereocenters. The molecule has 0 spiro atoms. The molecule has 0 saturated heterocycles. The van der Waals surface area contributed by atoms with E-state index < -0.39 is 0 Å². The van der Waals surface area contributed by atoms with Gasteiger partial charge in [-0.15, -0.1) is 11.3 Å². The summed E-state index contributed by atoms with van der Waals surface area (Å²) in [7, 11) is 0. The summed E-state index contributed by atoms with van der Waals surface area (Å²) in [5, 5.41) is 11.6. The van der Waals surface area contributed by atoms with E-state index in [1.807, 2.05) is 18.2 Å². The van der Waals surface area contributed by atoms with Crippen LogP contribution in [0, 0.1) is 0 Å². The van der Waals surface area contributed by atoms with Gasteiger partial charge in [-0.3, -0.25) is 0 Å². The fourth-order valence-electron chi connectivity index (χ4n) is 1.69. The predicted molar refractivity (Wildman–Crippen MR) is 64.8 cm³/mol. The lowest BCUT2D eigenvalue weighted by molar-refractivity contribution is 0.297.